The minimum absolute atomic E-state index is 0.384. The molecule has 0 amide bonds. The van der Waals surface area contributed by atoms with Crippen molar-refractivity contribution >= 4 is 5.82 Å². The molecule has 2 fully saturated rings. The van der Waals surface area contributed by atoms with E-state index >= 15 is 0 Å². The first-order chi connectivity index (χ1) is 7.85. The Morgan fingerprint density at radius 2 is 2.00 bits per heavy atom. The van der Waals surface area contributed by atoms with Crippen LogP contribution in [0.5, 0.6) is 0 Å². The predicted molar refractivity (Wildman–Crippen MR) is 60.0 cm³/mol. The van der Waals surface area contributed by atoms with Crippen molar-refractivity contribution in [3.63, 3.8) is 0 Å². The van der Waals surface area contributed by atoms with E-state index in [0.29, 0.717) is 18.8 Å². The summed E-state index contributed by atoms with van der Waals surface area (Å²) >= 11 is 0. The van der Waals surface area contributed by atoms with E-state index in [0.717, 1.165) is 24.6 Å². The van der Waals surface area contributed by atoms with E-state index in [9.17, 15) is 0 Å². The Balaban J connectivity index is 1.76. The van der Waals surface area contributed by atoms with Crippen molar-refractivity contribution in [1.82, 2.24) is 10.2 Å². The zero-order chi connectivity index (χ0) is 11.0. The van der Waals surface area contributed by atoms with Crippen molar-refractivity contribution in [2.75, 3.05) is 18.0 Å². The molecule has 2 aliphatic rings. The summed E-state index contributed by atoms with van der Waals surface area (Å²) in [5.41, 5.74) is 6.33. The van der Waals surface area contributed by atoms with Gasteiger partial charge in [-0.1, -0.05) is 0 Å². The molecule has 2 N–H and O–H groups in total. The average molecular weight is 220 g/mol. The second-order valence-electron chi connectivity index (χ2n) is 4.45. The summed E-state index contributed by atoms with van der Waals surface area (Å²) in [5.74, 6) is 0.942. The fraction of sp³-hybridized carbons (Fsp3) is 0.636. The van der Waals surface area contributed by atoms with Gasteiger partial charge in [-0.25, -0.2) is 0 Å². The second kappa shape index (κ2) is 3.99. The summed E-state index contributed by atoms with van der Waals surface area (Å²) in [4.78, 5) is 2.26. The Morgan fingerprint density at radius 1 is 1.25 bits per heavy atom. The van der Waals surface area contributed by atoms with Gasteiger partial charge in [-0.2, -0.15) is 5.10 Å². The lowest BCUT2D eigenvalue weighted by molar-refractivity contribution is 0.0301. The maximum absolute atomic E-state index is 5.78. The van der Waals surface area contributed by atoms with Crippen LogP contribution in [0, 0.1) is 0 Å². The number of ether oxygens (including phenoxy) is 1. The van der Waals surface area contributed by atoms with Crippen LogP contribution in [0.4, 0.5) is 5.82 Å². The maximum atomic E-state index is 5.78. The molecule has 2 aliphatic heterocycles. The van der Waals surface area contributed by atoms with Crippen molar-refractivity contribution in [2.45, 2.75) is 31.6 Å². The summed E-state index contributed by atoms with van der Waals surface area (Å²) < 4.78 is 5.78. The SMILES string of the molecule is NCc1ccc(N2CC3CCC(C2)O3)nn1. The van der Waals surface area contributed by atoms with E-state index in [1.807, 2.05) is 12.1 Å². The highest BCUT2D eigenvalue weighted by atomic mass is 16.5. The number of anilines is 1. The van der Waals surface area contributed by atoms with Gasteiger partial charge in [-0.15, -0.1) is 5.10 Å². The molecule has 0 aromatic carbocycles. The number of morpholine rings is 1. The molecule has 16 heavy (non-hydrogen) atoms. The van der Waals surface area contributed by atoms with Gasteiger partial charge in [0.2, 0.25) is 0 Å². The van der Waals surface area contributed by atoms with Crippen molar-refractivity contribution in [2.24, 2.45) is 5.73 Å². The van der Waals surface area contributed by atoms with Crippen LogP contribution in [-0.4, -0.2) is 35.5 Å². The minimum atomic E-state index is 0.384. The zero-order valence-electron chi connectivity index (χ0n) is 9.17. The van der Waals surface area contributed by atoms with Gasteiger partial charge in [-0.3, -0.25) is 0 Å². The quantitative estimate of drug-likeness (QED) is 0.776. The Kier molecular flexibility index (Phi) is 2.49. The van der Waals surface area contributed by atoms with Crippen LogP contribution >= 0.6 is 0 Å². The lowest BCUT2D eigenvalue weighted by Crippen LogP contribution is -2.43. The first kappa shape index (κ1) is 9.99. The van der Waals surface area contributed by atoms with E-state index in [2.05, 4.69) is 15.1 Å². The highest BCUT2D eigenvalue weighted by molar-refractivity contribution is 5.38. The molecule has 86 valence electrons. The van der Waals surface area contributed by atoms with Crippen LogP contribution in [0.25, 0.3) is 0 Å². The smallest absolute Gasteiger partial charge is 0.151 e. The summed E-state index contributed by atoms with van der Waals surface area (Å²) in [6.07, 6.45) is 3.12. The van der Waals surface area contributed by atoms with Crippen LogP contribution in [0.15, 0.2) is 12.1 Å². The first-order valence-electron chi connectivity index (χ1n) is 5.78. The highest BCUT2D eigenvalue weighted by Gasteiger charge is 2.34. The Bertz CT molecular complexity index is 355. The normalized spacial score (nSPS) is 28.4. The molecule has 2 unspecified atom stereocenters. The first-order valence-corrected chi connectivity index (χ1v) is 5.78. The number of nitrogens with zero attached hydrogens (tertiary/aromatic N) is 3. The van der Waals surface area contributed by atoms with E-state index in [1.165, 1.54) is 12.8 Å². The van der Waals surface area contributed by atoms with E-state index in [1.54, 1.807) is 0 Å². The third kappa shape index (κ3) is 1.76. The third-order valence-corrected chi connectivity index (χ3v) is 3.28. The largest absolute Gasteiger partial charge is 0.371 e. The maximum Gasteiger partial charge on any atom is 0.151 e. The summed E-state index contributed by atoms with van der Waals surface area (Å²) in [7, 11) is 0. The lowest BCUT2D eigenvalue weighted by atomic mass is 10.2. The predicted octanol–water partition coefficient (Wildman–Crippen LogP) is 0.303. The summed E-state index contributed by atoms with van der Waals surface area (Å²) in [6.45, 7) is 2.32. The Hall–Kier alpha value is -1.20. The lowest BCUT2D eigenvalue weighted by Gasteiger charge is -2.32. The topological polar surface area (TPSA) is 64.3 Å². The number of hydrogen-bond donors (Lipinski definition) is 1. The van der Waals surface area contributed by atoms with Crippen molar-refractivity contribution < 1.29 is 4.74 Å². The number of nitrogens with two attached hydrogens (primary N) is 1. The molecule has 3 rings (SSSR count). The monoisotopic (exact) mass is 220 g/mol. The summed E-state index contributed by atoms with van der Waals surface area (Å²) in [5, 5.41) is 8.30. The second-order valence-corrected chi connectivity index (χ2v) is 4.45. The number of hydrogen-bond acceptors (Lipinski definition) is 5. The van der Waals surface area contributed by atoms with Gasteiger partial charge in [0.1, 0.15) is 0 Å². The van der Waals surface area contributed by atoms with Crippen molar-refractivity contribution in [1.29, 1.82) is 0 Å². The molecule has 2 saturated heterocycles. The van der Waals surface area contributed by atoms with Crippen LogP contribution in [-0.2, 0) is 11.3 Å². The highest BCUT2D eigenvalue weighted by Crippen LogP contribution is 2.28. The molecule has 0 spiro atoms. The van der Waals surface area contributed by atoms with Crippen LogP contribution in [0.1, 0.15) is 18.5 Å². The molecule has 2 bridgehead atoms. The van der Waals surface area contributed by atoms with Gasteiger partial charge in [0, 0.05) is 19.6 Å². The van der Waals surface area contributed by atoms with Gasteiger partial charge in [-0.05, 0) is 25.0 Å². The molecule has 2 atom stereocenters. The van der Waals surface area contributed by atoms with Crippen LogP contribution < -0.4 is 10.6 Å². The molecule has 1 aromatic heterocycles. The number of fused-ring (bicyclic) bond motifs is 2. The molecular weight excluding hydrogens is 204 g/mol. The van der Waals surface area contributed by atoms with Gasteiger partial charge in [0.25, 0.3) is 0 Å². The minimum Gasteiger partial charge on any atom is -0.371 e. The molecule has 3 heterocycles. The van der Waals surface area contributed by atoms with Crippen LogP contribution in [0.2, 0.25) is 0 Å². The fourth-order valence-electron chi connectivity index (χ4n) is 2.43. The third-order valence-electron chi connectivity index (χ3n) is 3.28. The average Bonchev–Trinajstić information content (AvgIpc) is 2.68. The molecule has 5 nitrogen and oxygen atoms in total. The molecule has 0 aliphatic carbocycles. The van der Waals surface area contributed by atoms with Crippen LogP contribution in [0.3, 0.4) is 0 Å². The fourth-order valence-corrected chi connectivity index (χ4v) is 2.43. The standard InChI is InChI=1S/C11H16N4O/c12-5-8-1-4-11(14-13-8)15-6-9-2-3-10(7-15)16-9/h1,4,9-10H,2-3,5-7,12H2. The van der Waals surface area contributed by atoms with E-state index in [4.69, 9.17) is 10.5 Å². The van der Waals surface area contributed by atoms with Gasteiger partial charge < -0.3 is 15.4 Å². The van der Waals surface area contributed by atoms with E-state index in [-0.39, 0.29) is 0 Å². The Labute approximate surface area is 94.6 Å². The van der Waals surface area contributed by atoms with E-state index < -0.39 is 0 Å². The summed E-state index contributed by atoms with van der Waals surface area (Å²) in [6, 6.07) is 3.94. The molecular formula is C11H16N4O. The number of aromatic nitrogens is 2. The van der Waals surface area contributed by atoms with Crippen molar-refractivity contribution in [3.8, 4) is 0 Å². The molecule has 1 aromatic rings. The van der Waals surface area contributed by atoms with Gasteiger partial charge in [0.05, 0.1) is 17.9 Å². The zero-order valence-corrected chi connectivity index (χ0v) is 9.17. The number of rotatable bonds is 2. The van der Waals surface area contributed by atoms with Gasteiger partial charge in [0.15, 0.2) is 5.82 Å². The molecule has 5 heteroatoms. The van der Waals surface area contributed by atoms with Crippen molar-refractivity contribution in [3.05, 3.63) is 17.8 Å². The molecule has 0 saturated carbocycles. The Morgan fingerprint density at radius 3 is 2.56 bits per heavy atom. The van der Waals surface area contributed by atoms with Gasteiger partial charge >= 0.3 is 0 Å². The molecule has 0 radical (unpaired) electrons.